The molecule has 120 valence electrons. The zero-order chi connectivity index (χ0) is 14.9. The summed E-state index contributed by atoms with van der Waals surface area (Å²) in [6.45, 7) is 4.40. The van der Waals surface area contributed by atoms with Crippen LogP contribution >= 0.6 is 0 Å². The maximum absolute atomic E-state index is 11.3. The average molecular weight is 293 g/mol. The summed E-state index contributed by atoms with van der Waals surface area (Å²) in [6, 6.07) is 0. The Bertz CT molecular complexity index is 215. The minimum absolute atomic E-state index is 0.212. The number of carbonyl (C=O) groups excluding carboxylic acids is 1. The average Bonchev–Trinajstić information content (AvgIpc) is 2.45. The Morgan fingerprint density at radius 2 is 1.45 bits per heavy atom. The summed E-state index contributed by atoms with van der Waals surface area (Å²) < 4.78 is 25.1. The van der Waals surface area contributed by atoms with E-state index in [-0.39, 0.29) is 19.1 Å². The molecule has 7 nitrogen and oxygen atoms in total. The van der Waals surface area contributed by atoms with Crippen LogP contribution in [0.4, 0.5) is 0 Å². The molecule has 0 fully saturated rings. The molecule has 0 spiro atoms. The van der Waals surface area contributed by atoms with Gasteiger partial charge < -0.3 is 29.0 Å². The highest BCUT2D eigenvalue weighted by atomic mass is 16.6. The lowest BCUT2D eigenvalue weighted by Crippen LogP contribution is -2.27. The number of methoxy groups -OCH3 is 2. The first kappa shape index (κ1) is 19.3. The summed E-state index contributed by atoms with van der Waals surface area (Å²) in [7, 11) is 3.28. The minimum atomic E-state index is -0.276. The van der Waals surface area contributed by atoms with Crippen molar-refractivity contribution in [3.63, 3.8) is 0 Å². The fraction of sp³-hybridized carbons (Fsp3) is 0.923. The van der Waals surface area contributed by atoms with Crippen LogP contribution in [0.5, 0.6) is 0 Å². The molecule has 0 atom stereocenters. The molecule has 0 aliphatic rings. The Kier molecular flexibility index (Phi) is 15.7. The fourth-order valence-corrected chi connectivity index (χ4v) is 1.26. The Labute approximate surface area is 120 Å². The van der Waals surface area contributed by atoms with Gasteiger partial charge in [0.15, 0.2) is 0 Å². The highest BCUT2D eigenvalue weighted by Gasteiger charge is 2.01. The van der Waals surface area contributed by atoms with Crippen molar-refractivity contribution in [2.45, 2.75) is 6.42 Å². The number of esters is 1. The topological polar surface area (TPSA) is 75.3 Å². The van der Waals surface area contributed by atoms with Crippen molar-refractivity contribution >= 4 is 5.97 Å². The fourth-order valence-electron chi connectivity index (χ4n) is 1.26. The maximum atomic E-state index is 11.3. The van der Waals surface area contributed by atoms with Gasteiger partial charge >= 0.3 is 5.97 Å². The van der Waals surface area contributed by atoms with E-state index in [0.717, 1.165) is 13.0 Å². The maximum Gasteiger partial charge on any atom is 0.319 e. The molecular weight excluding hydrogens is 266 g/mol. The molecule has 0 aromatic rings. The van der Waals surface area contributed by atoms with Crippen LogP contribution in [0.15, 0.2) is 0 Å². The third-order valence-corrected chi connectivity index (χ3v) is 2.27. The first-order valence-corrected chi connectivity index (χ1v) is 6.81. The van der Waals surface area contributed by atoms with Crippen LogP contribution < -0.4 is 5.32 Å². The molecule has 0 unspecified atom stereocenters. The zero-order valence-electron chi connectivity index (χ0n) is 12.5. The highest BCUT2D eigenvalue weighted by Crippen LogP contribution is 1.83. The van der Waals surface area contributed by atoms with Crippen LogP contribution in [0.3, 0.4) is 0 Å². The first-order valence-electron chi connectivity index (χ1n) is 6.81. The minimum Gasteiger partial charge on any atom is -0.462 e. The van der Waals surface area contributed by atoms with Crippen LogP contribution in [0.2, 0.25) is 0 Å². The van der Waals surface area contributed by atoms with Crippen molar-refractivity contribution in [2.75, 3.05) is 73.6 Å². The van der Waals surface area contributed by atoms with Gasteiger partial charge in [0.25, 0.3) is 0 Å². The molecule has 0 saturated heterocycles. The Balaban J connectivity index is 3.11. The molecule has 1 N–H and O–H groups in total. The van der Waals surface area contributed by atoms with E-state index >= 15 is 0 Å². The second kappa shape index (κ2) is 16.3. The monoisotopic (exact) mass is 293 g/mol. The molecule has 0 rings (SSSR count). The predicted molar refractivity (Wildman–Crippen MR) is 73.8 cm³/mol. The number of rotatable bonds is 15. The third kappa shape index (κ3) is 15.3. The molecule has 0 saturated carbocycles. The lowest BCUT2D eigenvalue weighted by Gasteiger charge is -2.07. The Morgan fingerprint density at radius 1 is 0.850 bits per heavy atom. The van der Waals surface area contributed by atoms with E-state index < -0.39 is 0 Å². The van der Waals surface area contributed by atoms with Crippen molar-refractivity contribution in [3.8, 4) is 0 Å². The quantitative estimate of drug-likeness (QED) is 0.332. The molecule has 0 aromatic carbocycles. The van der Waals surface area contributed by atoms with Gasteiger partial charge in [-0.15, -0.1) is 0 Å². The van der Waals surface area contributed by atoms with E-state index in [1.54, 1.807) is 14.2 Å². The van der Waals surface area contributed by atoms with Crippen molar-refractivity contribution in [1.29, 1.82) is 0 Å². The molecule has 0 aliphatic heterocycles. The molecule has 0 radical (unpaired) electrons. The van der Waals surface area contributed by atoms with Gasteiger partial charge in [-0.05, 0) is 13.0 Å². The van der Waals surface area contributed by atoms with Crippen LogP contribution in [0, 0.1) is 0 Å². The summed E-state index contributed by atoms with van der Waals surface area (Å²) in [5.74, 6) is -0.276. The van der Waals surface area contributed by atoms with E-state index in [2.05, 4.69) is 5.32 Å². The van der Waals surface area contributed by atoms with Crippen molar-refractivity contribution in [3.05, 3.63) is 0 Å². The SMILES string of the molecule is COCCCNCC(=O)OCCOCCOCCOC. The number of hydrogen-bond donors (Lipinski definition) is 1. The number of carbonyl (C=O) groups is 1. The van der Waals surface area contributed by atoms with Gasteiger partial charge in [-0.1, -0.05) is 0 Å². The van der Waals surface area contributed by atoms with Gasteiger partial charge in [-0.2, -0.15) is 0 Å². The summed E-state index contributed by atoms with van der Waals surface area (Å²) in [5, 5.41) is 2.97. The van der Waals surface area contributed by atoms with Crippen LogP contribution in [0.25, 0.3) is 0 Å². The summed E-state index contributed by atoms with van der Waals surface area (Å²) in [5.41, 5.74) is 0. The second-order valence-electron chi connectivity index (χ2n) is 3.96. The number of hydrogen-bond acceptors (Lipinski definition) is 7. The normalized spacial score (nSPS) is 10.7. The van der Waals surface area contributed by atoms with E-state index in [4.69, 9.17) is 23.7 Å². The molecule has 0 bridgehead atoms. The van der Waals surface area contributed by atoms with E-state index in [1.807, 2.05) is 0 Å². The number of ether oxygens (including phenoxy) is 5. The molecule has 0 aliphatic carbocycles. The molecule has 20 heavy (non-hydrogen) atoms. The largest absolute Gasteiger partial charge is 0.462 e. The van der Waals surface area contributed by atoms with Gasteiger partial charge in [0.2, 0.25) is 0 Å². The first-order chi connectivity index (χ1) is 9.81. The third-order valence-electron chi connectivity index (χ3n) is 2.27. The molecule has 7 heteroatoms. The van der Waals surface area contributed by atoms with E-state index in [9.17, 15) is 4.79 Å². The molecule has 0 aromatic heterocycles. The highest BCUT2D eigenvalue weighted by molar-refractivity contribution is 5.71. The predicted octanol–water partition coefficient (Wildman–Crippen LogP) is -0.165. The number of nitrogens with one attached hydrogen (secondary N) is 1. The van der Waals surface area contributed by atoms with Crippen LogP contribution in [-0.4, -0.2) is 79.5 Å². The van der Waals surface area contributed by atoms with Gasteiger partial charge in [0.05, 0.1) is 39.6 Å². The Hall–Kier alpha value is -0.730. The van der Waals surface area contributed by atoms with E-state index in [1.165, 1.54) is 0 Å². The van der Waals surface area contributed by atoms with Crippen molar-refractivity contribution in [1.82, 2.24) is 5.32 Å². The smallest absolute Gasteiger partial charge is 0.319 e. The molecular formula is C13H27NO6. The Morgan fingerprint density at radius 3 is 2.10 bits per heavy atom. The van der Waals surface area contributed by atoms with Gasteiger partial charge in [0.1, 0.15) is 6.61 Å². The van der Waals surface area contributed by atoms with E-state index in [0.29, 0.717) is 39.6 Å². The van der Waals surface area contributed by atoms with Crippen molar-refractivity contribution in [2.24, 2.45) is 0 Å². The summed E-state index contributed by atoms with van der Waals surface area (Å²) >= 11 is 0. The van der Waals surface area contributed by atoms with Gasteiger partial charge in [0, 0.05) is 20.8 Å². The molecule has 0 heterocycles. The summed E-state index contributed by atoms with van der Waals surface area (Å²) in [4.78, 5) is 11.3. The van der Waals surface area contributed by atoms with Gasteiger partial charge in [-0.25, -0.2) is 0 Å². The standard InChI is InChI=1S/C13H27NO6/c1-16-5-3-4-14-12-13(15)20-11-10-19-9-8-18-7-6-17-2/h14H,3-12H2,1-2H3. The summed E-state index contributed by atoms with van der Waals surface area (Å²) in [6.07, 6.45) is 0.871. The van der Waals surface area contributed by atoms with Gasteiger partial charge in [-0.3, -0.25) is 4.79 Å². The lowest BCUT2D eigenvalue weighted by atomic mass is 10.4. The lowest BCUT2D eigenvalue weighted by molar-refractivity contribution is -0.144. The van der Waals surface area contributed by atoms with Crippen molar-refractivity contribution < 1.29 is 28.5 Å². The van der Waals surface area contributed by atoms with Crippen LogP contribution in [-0.2, 0) is 28.5 Å². The molecule has 0 amide bonds. The second-order valence-corrected chi connectivity index (χ2v) is 3.96. The zero-order valence-corrected chi connectivity index (χ0v) is 12.5. The van der Waals surface area contributed by atoms with Crippen LogP contribution in [0.1, 0.15) is 6.42 Å².